The first-order chi connectivity index (χ1) is 15.2. The van der Waals surface area contributed by atoms with Gasteiger partial charge in [-0.1, -0.05) is 18.2 Å². The molecule has 2 aromatic carbocycles. The van der Waals surface area contributed by atoms with Gasteiger partial charge in [-0.25, -0.2) is 17.1 Å². The molecule has 4 rings (SSSR count). The number of halogens is 1. The van der Waals surface area contributed by atoms with Crippen LogP contribution in [0, 0.1) is 5.82 Å². The van der Waals surface area contributed by atoms with Crippen molar-refractivity contribution in [2.24, 2.45) is 0 Å². The molecule has 32 heavy (non-hydrogen) atoms. The smallest absolute Gasteiger partial charge is 0.222 e. The summed E-state index contributed by atoms with van der Waals surface area (Å²) < 4.78 is 38.4. The van der Waals surface area contributed by atoms with Crippen LogP contribution in [0.25, 0.3) is 22.2 Å². The van der Waals surface area contributed by atoms with Crippen LogP contribution in [0.2, 0.25) is 0 Å². The highest BCUT2D eigenvalue weighted by Gasteiger charge is 2.29. The van der Waals surface area contributed by atoms with Gasteiger partial charge in [0.05, 0.1) is 6.26 Å². The highest BCUT2D eigenvalue weighted by Crippen LogP contribution is 2.31. The molecule has 170 valence electrons. The lowest BCUT2D eigenvalue weighted by Crippen LogP contribution is -2.47. The third kappa shape index (κ3) is 4.71. The van der Waals surface area contributed by atoms with E-state index in [-0.39, 0.29) is 17.8 Å². The molecular formula is C24H28FN3O3S. The molecular weight excluding hydrogens is 429 g/mol. The first-order valence-electron chi connectivity index (χ1n) is 10.8. The van der Waals surface area contributed by atoms with Crippen LogP contribution in [-0.4, -0.2) is 60.9 Å². The Morgan fingerprint density at radius 1 is 1.12 bits per heavy atom. The van der Waals surface area contributed by atoms with Gasteiger partial charge in [0.15, 0.2) is 0 Å². The summed E-state index contributed by atoms with van der Waals surface area (Å²) in [6.45, 7) is 1.12. The SMILES string of the molecule is CN(C1CCN(C(=O)CCc2c(-c3ccc(F)cc3)[nH]c3ccccc23)CC1)S(C)(=O)=O. The molecule has 0 atom stereocenters. The number of fused-ring (bicyclic) bond motifs is 1. The highest BCUT2D eigenvalue weighted by atomic mass is 32.2. The number of likely N-dealkylation sites (tertiary alicyclic amines) is 1. The summed E-state index contributed by atoms with van der Waals surface area (Å²) in [6, 6.07) is 14.3. The molecule has 2 heterocycles. The summed E-state index contributed by atoms with van der Waals surface area (Å²) >= 11 is 0. The van der Waals surface area contributed by atoms with Gasteiger partial charge < -0.3 is 9.88 Å². The van der Waals surface area contributed by atoms with Crippen LogP contribution in [0.4, 0.5) is 4.39 Å². The number of aromatic amines is 1. The van der Waals surface area contributed by atoms with Crippen LogP contribution in [-0.2, 0) is 21.2 Å². The number of hydrogen-bond acceptors (Lipinski definition) is 3. The molecule has 1 fully saturated rings. The van der Waals surface area contributed by atoms with Crippen molar-refractivity contribution in [3.63, 3.8) is 0 Å². The summed E-state index contributed by atoms with van der Waals surface area (Å²) in [5, 5.41) is 1.06. The molecule has 1 aliphatic rings. The zero-order valence-corrected chi connectivity index (χ0v) is 19.2. The molecule has 8 heteroatoms. The van der Waals surface area contributed by atoms with Crippen molar-refractivity contribution in [2.75, 3.05) is 26.4 Å². The largest absolute Gasteiger partial charge is 0.354 e. The maximum absolute atomic E-state index is 13.4. The van der Waals surface area contributed by atoms with Gasteiger partial charge in [0.1, 0.15) is 5.82 Å². The Balaban J connectivity index is 1.47. The van der Waals surface area contributed by atoms with Gasteiger partial charge in [-0.05, 0) is 60.7 Å². The maximum Gasteiger partial charge on any atom is 0.222 e. The van der Waals surface area contributed by atoms with E-state index < -0.39 is 10.0 Å². The van der Waals surface area contributed by atoms with Crippen LogP contribution in [0.5, 0.6) is 0 Å². The second-order valence-corrected chi connectivity index (χ2v) is 10.5. The first-order valence-corrected chi connectivity index (χ1v) is 12.6. The Bertz CT molecular complexity index is 1210. The molecule has 6 nitrogen and oxygen atoms in total. The number of aryl methyl sites for hydroxylation is 1. The number of nitrogens with zero attached hydrogens (tertiary/aromatic N) is 2. The number of nitrogens with one attached hydrogen (secondary N) is 1. The lowest BCUT2D eigenvalue weighted by Gasteiger charge is -2.35. The lowest BCUT2D eigenvalue weighted by atomic mass is 10.00. The van der Waals surface area contributed by atoms with E-state index in [2.05, 4.69) is 4.98 Å². The summed E-state index contributed by atoms with van der Waals surface area (Å²) in [5.74, 6) is -0.215. The van der Waals surface area contributed by atoms with Crippen molar-refractivity contribution in [3.05, 3.63) is 59.9 Å². The number of piperidine rings is 1. The van der Waals surface area contributed by atoms with Crippen LogP contribution >= 0.6 is 0 Å². The van der Waals surface area contributed by atoms with E-state index in [0.29, 0.717) is 38.8 Å². The number of carbonyl (C=O) groups excluding carboxylic acids is 1. The van der Waals surface area contributed by atoms with Crippen LogP contribution < -0.4 is 0 Å². The van der Waals surface area contributed by atoms with Crippen molar-refractivity contribution in [2.45, 2.75) is 31.7 Å². The summed E-state index contributed by atoms with van der Waals surface area (Å²) in [6.07, 6.45) is 3.43. The minimum Gasteiger partial charge on any atom is -0.354 e. The summed E-state index contributed by atoms with van der Waals surface area (Å²) in [7, 11) is -1.63. The van der Waals surface area contributed by atoms with Crippen LogP contribution in [0.1, 0.15) is 24.8 Å². The number of para-hydroxylation sites is 1. The van der Waals surface area contributed by atoms with Crippen LogP contribution in [0.15, 0.2) is 48.5 Å². The van der Waals surface area contributed by atoms with Gasteiger partial charge in [0, 0.05) is 49.2 Å². The molecule has 1 aromatic heterocycles. The minimum atomic E-state index is -3.23. The molecule has 1 amide bonds. The molecule has 0 unspecified atom stereocenters. The van der Waals surface area contributed by atoms with Crippen molar-refractivity contribution in [1.82, 2.24) is 14.2 Å². The fraction of sp³-hybridized carbons (Fsp3) is 0.375. The van der Waals surface area contributed by atoms with E-state index in [9.17, 15) is 17.6 Å². The van der Waals surface area contributed by atoms with Gasteiger partial charge in [0.25, 0.3) is 0 Å². The molecule has 3 aromatic rings. The van der Waals surface area contributed by atoms with Gasteiger partial charge >= 0.3 is 0 Å². The minimum absolute atomic E-state index is 0.0623. The lowest BCUT2D eigenvalue weighted by molar-refractivity contribution is -0.132. The normalized spacial score (nSPS) is 15.6. The molecule has 1 saturated heterocycles. The molecule has 0 radical (unpaired) electrons. The first kappa shape index (κ1) is 22.5. The van der Waals surface area contributed by atoms with Crippen molar-refractivity contribution >= 4 is 26.8 Å². The third-order valence-corrected chi connectivity index (χ3v) is 7.73. The predicted octanol–water partition coefficient (Wildman–Crippen LogP) is 3.79. The van der Waals surface area contributed by atoms with E-state index in [0.717, 1.165) is 27.7 Å². The van der Waals surface area contributed by atoms with Crippen LogP contribution in [0.3, 0.4) is 0 Å². The fourth-order valence-corrected chi connectivity index (χ4v) is 5.21. The monoisotopic (exact) mass is 457 g/mol. The van der Waals surface area contributed by atoms with E-state index in [1.807, 2.05) is 29.2 Å². The van der Waals surface area contributed by atoms with Crippen molar-refractivity contribution < 1.29 is 17.6 Å². The number of aromatic nitrogens is 1. The Hall–Kier alpha value is -2.71. The third-order valence-electron chi connectivity index (χ3n) is 6.39. The Morgan fingerprint density at radius 2 is 1.78 bits per heavy atom. The quantitative estimate of drug-likeness (QED) is 0.612. The van der Waals surface area contributed by atoms with E-state index in [4.69, 9.17) is 0 Å². The molecule has 0 spiro atoms. The summed E-state index contributed by atoms with van der Waals surface area (Å²) in [5.41, 5.74) is 3.83. The second-order valence-electron chi connectivity index (χ2n) is 8.42. The predicted molar refractivity (Wildman–Crippen MR) is 124 cm³/mol. The number of H-pyrrole nitrogens is 1. The standard InChI is InChI=1S/C24H28FN3O3S/c1-27(32(2,30)31)19-13-15-28(16-14-19)23(29)12-11-21-20-5-3-4-6-22(20)26-24(21)17-7-9-18(25)10-8-17/h3-10,19,26H,11-16H2,1-2H3. The maximum atomic E-state index is 13.4. The molecule has 1 aliphatic heterocycles. The van der Waals surface area contributed by atoms with Gasteiger partial charge in [-0.15, -0.1) is 0 Å². The zero-order valence-electron chi connectivity index (χ0n) is 18.3. The number of carbonyl (C=O) groups is 1. The number of hydrogen-bond donors (Lipinski definition) is 1. The number of amides is 1. The Labute approximate surface area is 188 Å². The summed E-state index contributed by atoms with van der Waals surface area (Å²) in [4.78, 5) is 18.2. The average molecular weight is 458 g/mol. The molecule has 0 saturated carbocycles. The molecule has 1 N–H and O–H groups in total. The molecule has 0 aliphatic carbocycles. The van der Waals surface area contributed by atoms with Crippen molar-refractivity contribution in [1.29, 1.82) is 0 Å². The second kappa shape index (κ2) is 9.03. The Kier molecular flexibility index (Phi) is 6.35. The number of sulfonamides is 1. The highest BCUT2D eigenvalue weighted by molar-refractivity contribution is 7.88. The van der Waals surface area contributed by atoms with Crippen molar-refractivity contribution in [3.8, 4) is 11.3 Å². The average Bonchev–Trinajstić information content (AvgIpc) is 3.15. The fourth-order valence-electron chi connectivity index (χ4n) is 4.46. The number of rotatable bonds is 6. The van der Waals surface area contributed by atoms with E-state index in [1.165, 1.54) is 22.7 Å². The number of benzene rings is 2. The van der Waals surface area contributed by atoms with Gasteiger partial charge in [-0.3, -0.25) is 4.79 Å². The van der Waals surface area contributed by atoms with E-state index in [1.54, 1.807) is 19.2 Å². The molecule has 0 bridgehead atoms. The van der Waals surface area contributed by atoms with Gasteiger partial charge in [-0.2, -0.15) is 0 Å². The topological polar surface area (TPSA) is 73.5 Å². The Morgan fingerprint density at radius 3 is 2.44 bits per heavy atom. The van der Waals surface area contributed by atoms with E-state index >= 15 is 0 Å². The van der Waals surface area contributed by atoms with Gasteiger partial charge in [0.2, 0.25) is 15.9 Å². The zero-order chi connectivity index (χ0) is 22.9.